The van der Waals surface area contributed by atoms with Crippen LogP contribution in [0.4, 0.5) is 0 Å². The first kappa shape index (κ1) is 16.2. The summed E-state index contributed by atoms with van der Waals surface area (Å²) in [5, 5.41) is 7.91. The van der Waals surface area contributed by atoms with Crippen LogP contribution in [0.25, 0.3) is 0 Å². The molecule has 1 aliphatic carbocycles. The highest BCUT2D eigenvalue weighted by Gasteiger charge is 2.27. The van der Waals surface area contributed by atoms with Crippen molar-refractivity contribution in [2.45, 2.75) is 53.4 Å². The summed E-state index contributed by atoms with van der Waals surface area (Å²) in [4.78, 5) is 0. The normalized spacial score (nSPS) is 24.2. The zero-order valence-electron chi connectivity index (χ0n) is 11.9. The molecule has 0 aromatic heterocycles. The third-order valence-corrected chi connectivity index (χ3v) is 3.65. The van der Waals surface area contributed by atoms with Gasteiger partial charge in [0.1, 0.15) is 0 Å². The summed E-state index contributed by atoms with van der Waals surface area (Å²) in [6, 6.07) is 1.80. The number of nitriles is 1. The summed E-state index contributed by atoms with van der Waals surface area (Å²) in [7, 11) is 0. The Balaban J connectivity index is 0.000000366. The maximum absolute atomic E-state index is 7.91. The highest BCUT2D eigenvalue weighted by Crippen LogP contribution is 2.39. The van der Waals surface area contributed by atoms with E-state index in [1.807, 2.05) is 0 Å². The minimum atomic E-state index is 0.274. The van der Waals surface area contributed by atoms with Gasteiger partial charge in [-0.3, -0.25) is 0 Å². The van der Waals surface area contributed by atoms with Crippen LogP contribution in [0.15, 0.2) is 12.2 Å². The van der Waals surface area contributed by atoms with Gasteiger partial charge in [0, 0.05) is 12.1 Å². The number of rotatable bonds is 1. The Morgan fingerprint density at radius 3 is 2.00 bits per heavy atom. The minimum Gasteiger partial charge on any atom is -0.326 e. The number of hydrogen-bond donors (Lipinski definition) is 1. The van der Waals surface area contributed by atoms with Crippen LogP contribution in [0.1, 0.15) is 53.4 Å². The SMILES string of the molecule is C=C(C#N)CN.CC1CCC(C(C)(C)C)CC1. The Hall–Kier alpha value is -0.810. The van der Waals surface area contributed by atoms with E-state index >= 15 is 0 Å². The van der Waals surface area contributed by atoms with Gasteiger partial charge in [0.05, 0.1) is 6.07 Å². The zero-order chi connectivity index (χ0) is 13.5. The highest BCUT2D eigenvalue weighted by atomic mass is 14.5. The third-order valence-electron chi connectivity index (χ3n) is 3.65. The van der Waals surface area contributed by atoms with Crippen molar-refractivity contribution in [1.29, 1.82) is 5.26 Å². The summed E-state index contributed by atoms with van der Waals surface area (Å²) in [5.41, 5.74) is 5.94. The van der Waals surface area contributed by atoms with Crippen LogP contribution in [0.2, 0.25) is 0 Å². The molecule has 0 aliphatic heterocycles. The molecule has 17 heavy (non-hydrogen) atoms. The van der Waals surface area contributed by atoms with E-state index in [2.05, 4.69) is 34.3 Å². The lowest BCUT2D eigenvalue weighted by Gasteiger charge is -2.35. The lowest BCUT2D eigenvalue weighted by Crippen LogP contribution is -2.24. The zero-order valence-corrected chi connectivity index (χ0v) is 11.9. The number of hydrogen-bond acceptors (Lipinski definition) is 2. The van der Waals surface area contributed by atoms with E-state index in [9.17, 15) is 0 Å². The largest absolute Gasteiger partial charge is 0.326 e. The van der Waals surface area contributed by atoms with Gasteiger partial charge in [-0.05, 0) is 30.1 Å². The second-order valence-corrected chi connectivity index (χ2v) is 6.24. The maximum Gasteiger partial charge on any atom is 0.0954 e. The van der Waals surface area contributed by atoms with Gasteiger partial charge in [0.25, 0.3) is 0 Å². The van der Waals surface area contributed by atoms with Crippen molar-refractivity contribution in [3.05, 3.63) is 12.2 Å². The molecular weight excluding hydrogens is 208 g/mol. The summed E-state index contributed by atoms with van der Waals surface area (Å²) in [6.07, 6.45) is 5.85. The van der Waals surface area contributed by atoms with Gasteiger partial charge >= 0.3 is 0 Å². The minimum absolute atomic E-state index is 0.274. The first-order chi connectivity index (χ1) is 7.81. The van der Waals surface area contributed by atoms with Gasteiger partial charge in [-0.2, -0.15) is 5.26 Å². The monoisotopic (exact) mass is 236 g/mol. The van der Waals surface area contributed by atoms with E-state index in [1.54, 1.807) is 6.07 Å². The van der Waals surface area contributed by atoms with Crippen LogP contribution in [-0.4, -0.2) is 6.54 Å². The summed E-state index contributed by atoms with van der Waals surface area (Å²) < 4.78 is 0. The van der Waals surface area contributed by atoms with E-state index in [-0.39, 0.29) is 6.54 Å². The van der Waals surface area contributed by atoms with Gasteiger partial charge in [0.15, 0.2) is 0 Å². The average molecular weight is 236 g/mol. The predicted octanol–water partition coefficient (Wildman–Crippen LogP) is 3.88. The Morgan fingerprint density at radius 2 is 1.76 bits per heavy atom. The van der Waals surface area contributed by atoms with Gasteiger partial charge in [0.2, 0.25) is 0 Å². The summed E-state index contributed by atoms with van der Waals surface area (Å²) >= 11 is 0. The second kappa shape index (κ2) is 7.50. The maximum atomic E-state index is 7.91. The molecular formula is C15H28N2. The standard InChI is InChI=1S/C11H22.C4H6N2/c1-9-5-7-10(8-6-9)11(2,3)4;1-4(2-5)3-6/h9-10H,5-8H2,1-4H3;1-2,5H2. The molecule has 0 spiro atoms. The van der Waals surface area contributed by atoms with Crippen LogP contribution in [0.5, 0.6) is 0 Å². The molecule has 1 fully saturated rings. The van der Waals surface area contributed by atoms with Gasteiger partial charge < -0.3 is 5.73 Å². The van der Waals surface area contributed by atoms with Crippen LogP contribution in [0, 0.1) is 28.6 Å². The molecule has 2 heteroatoms. The van der Waals surface area contributed by atoms with Crippen molar-refractivity contribution in [3.8, 4) is 6.07 Å². The van der Waals surface area contributed by atoms with E-state index in [4.69, 9.17) is 11.0 Å². The van der Waals surface area contributed by atoms with Crippen LogP contribution in [0.3, 0.4) is 0 Å². The van der Waals surface area contributed by atoms with Crippen molar-refractivity contribution >= 4 is 0 Å². The van der Waals surface area contributed by atoms with Crippen LogP contribution < -0.4 is 5.73 Å². The molecule has 0 unspecified atom stereocenters. The second-order valence-electron chi connectivity index (χ2n) is 6.24. The van der Waals surface area contributed by atoms with Crippen LogP contribution in [-0.2, 0) is 0 Å². The molecule has 0 radical (unpaired) electrons. The van der Waals surface area contributed by atoms with E-state index in [1.165, 1.54) is 25.7 Å². The smallest absolute Gasteiger partial charge is 0.0954 e. The van der Waals surface area contributed by atoms with Gasteiger partial charge in [-0.1, -0.05) is 47.1 Å². The topological polar surface area (TPSA) is 49.8 Å². The molecule has 0 amide bonds. The third kappa shape index (κ3) is 7.18. The van der Waals surface area contributed by atoms with Crippen molar-refractivity contribution < 1.29 is 0 Å². The molecule has 1 saturated carbocycles. The summed E-state index contributed by atoms with van der Waals surface area (Å²) in [6.45, 7) is 13.1. The molecule has 2 nitrogen and oxygen atoms in total. The molecule has 0 bridgehead atoms. The average Bonchev–Trinajstić information content (AvgIpc) is 2.28. The first-order valence-corrected chi connectivity index (χ1v) is 6.59. The lowest BCUT2D eigenvalue weighted by molar-refractivity contribution is 0.155. The Bertz CT molecular complexity index is 260. The fourth-order valence-electron chi connectivity index (χ4n) is 2.17. The fourth-order valence-corrected chi connectivity index (χ4v) is 2.17. The van der Waals surface area contributed by atoms with Crippen molar-refractivity contribution in [2.24, 2.45) is 23.0 Å². The molecule has 0 atom stereocenters. The quantitative estimate of drug-likeness (QED) is 0.702. The molecule has 0 aromatic rings. The molecule has 0 heterocycles. The van der Waals surface area contributed by atoms with Gasteiger partial charge in [-0.25, -0.2) is 0 Å². The predicted molar refractivity (Wildman–Crippen MR) is 74.4 cm³/mol. The molecule has 0 saturated heterocycles. The highest BCUT2D eigenvalue weighted by molar-refractivity contribution is 5.16. The van der Waals surface area contributed by atoms with E-state index < -0.39 is 0 Å². The molecule has 0 aromatic carbocycles. The lowest BCUT2D eigenvalue weighted by atomic mass is 9.70. The van der Waals surface area contributed by atoms with Crippen molar-refractivity contribution in [3.63, 3.8) is 0 Å². The Morgan fingerprint density at radius 1 is 1.29 bits per heavy atom. The fraction of sp³-hybridized carbons (Fsp3) is 0.800. The van der Waals surface area contributed by atoms with Crippen molar-refractivity contribution in [2.75, 3.05) is 6.54 Å². The van der Waals surface area contributed by atoms with Crippen LogP contribution >= 0.6 is 0 Å². The first-order valence-electron chi connectivity index (χ1n) is 6.59. The molecule has 2 N–H and O–H groups in total. The number of nitrogens with zero attached hydrogens (tertiary/aromatic N) is 1. The van der Waals surface area contributed by atoms with Crippen molar-refractivity contribution in [1.82, 2.24) is 0 Å². The Labute approximate surface area is 107 Å². The summed E-state index contributed by atoms with van der Waals surface area (Å²) in [5.74, 6) is 1.98. The number of nitrogens with two attached hydrogens (primary N) is 1. The van der Waals surface area contributed by atoms with E-state index in [0.29, 0.717) is 11.0 Å². The van der Waals surface area contributed by atoms with Gasteiger partial charge in [-0.15, -0.1) is 0 Å². The Kier molecular flexibility index (Phi) is 7.15. The van der Waals surface area contributed by atoms with E-state index in [0.717, 1.165) is 11.8 Å². The molecule has 1 aliphatic rings. The molecule has 1 rings (SSSR count). The molecule has 98 valence electrons.